The van der Waals surface area contributed by atoms with E-state index in [2.05, 4.69) is 16.3 Å². The van der Waals surface area contributed by atoms with Gasteiger partial charge in [0.25, 0.3) is 0 Å². The first kappa shape index (κ1) is 11.3. The standard InChI is InChI=1S/C10H9N3.C2H6/c1-6-3-4-8-10(7(6)2)9(5-11)13-12-8;1-2/h3-4H,1-2H3,(H,12,13);1-2H3. The fourth-order valence-electron chi connectivity index (χ4n) is 1.47. The minimum absolute atomic E-state index is 0.483. The number of fused-ring (bicyclic) bond motifs is 1. The van der Waals surface area contributed by atoms with Gasteiger partial charge in [0.05, 0.1) is 5.52 Å². The number of hydrogen-bond acceptors (Lipinski definition) is 2. The molecule has 15 heavy (non-hydrogen) atoms. The summed E-state index contributed by atoms with van der Waals surface area (Å²) in [5, 5.41) is 16.5. The molecule has 0 fully saturated rings. The van der Waals surface area contributed by atoms with Crippen LogP contribution >= 0.6 is 0 Å². The van der Waals surface area contributed by atoms with E-state index in [1.165, 1.54) is 5.56 Å². The molecule has 1 N–H and O–H groups in total. The average molecular weight is 201 g/mol. The summed E-state index contributed by atoms with van der Waals surface area (Å²) < 4.78 is 0. The molecule has 0 radical (unpaired) electrons. The molecule has 78 valence electrons. The Labute approximate surface area is 89.7 Å². The van der Waals surface area contributed by atoms with Crippen LogP contribution in [0.4, 0.5) is 0 Å². The lowest BCUT2D eigenvalue weighted by Crippen LogP contribution is -1.83. The van der Waals surface area contributed by atoms with Gasteiger partial charge in [-0.05, 0) is 31.0 Å². The molecule has 0 aliphatic rings. The molecule has 0 unspecified atom stereocenters. The predicted molar refractivity (Wildman–Crippen MR) is 61.6 cm³/mol. The van der Waals surface area contributed by atoms with Gasteiger partial charge in [-0.15, -0.1) is 0 Å². The molecule has 1 aromatic carbocycles. The van der Waals surface area contributed by atoms with Gasteiger partial charge < -0.3 is 0 Å². The van der Waals surface area contributed by atoms with Crippen molar-refractivity contribution < 1.29 is 0 Å². The topological polar surface area (TPSA) is 52.5 Å². The molecule has 1 heterocycles. The molecule has 0 bridgehead atoms. The number of rotatable bonds is 0. The van der Waals surface area contributed by atoms with Gasteiger partial charge in [-0.3, -0.25) is 5.10 Å². The molecule has 0 saturated carbocycles. The van der Waals surface area contributed by atoms with Crippen LogP contribution in [0.1, 0.15) is 30.7 Å². The second kappa shape index (κ2) is 4.61. The Kier molecular flexibility index (Phi) is 3.46. The van der Waals surface area contributed by atoms with E-state index in [-0.39, 0.29) is 0 Å². The fourth-order valence-corrected chi connectivity index (χ4v) is 1.47. The summed E-state index contributed by atoms with van der Waals surface area (Å²) >= 11 is 0. The van der Waals surface area contributed by atoms with Crippen LogP contribution in [0, 0.1) is 25.2 Å². The molecule has 0 saturated heterocycles. The molecular weight excluding hydrogens is 186 g/mol. The van der Waals surface area contributed by atoms with Crippen molar-refractivity contribution >= 4 is 10.9 Å². The summed E-state index contributed by atoms with van der Waals surface area (Å²) in [6.07, 6.45) is 0. The fraction of sp³-hybridized carbons (Fsp3) is 0.333. The zero-order valence-corrected chi connectivity index (χ0v) is 9.55. The molecule has 2 aromatic rings. The Morgan fingerprint density at radius 1 is 1.27 bits per heavy atom. The Morgan fingerprint density at radius 2 is 1.93 bits per heavy atom. The van der Waals surface area contributed by atoms with Gasteiger partial charge >= 0.3 is 0 Å². The number of nitrogens with one attached hydrogen (secondary N) is 1. The van der Waals surface area contributed by atoms with Crippen LogP contribution in [0.5, 0.6) is 0 Å². The minimum atomic E-state index is 0.483. The van der Waals surface area contributed by atoms with Crippen LogP contribution in [0.15, 0.2) is 12.1 Å². The number of aromatic nitrogens is 2. The van der Waals surface area contributed by atoms with Gasteiger partial charge in [0.15, 0.2) is 5.69 Å². The highest BCUT2D eigenvalue weighted by molar-refractivity contribution is 5.87. The molecule has 2 rings (SSSR count). The van der Waals surface area contributed by atoms with Crippen LogP contribution in [0.2, 0.25) is 0 Å². The van der Waals surface area contributed by atoms with Crippen molar-refractivity contribution in [2.75, 3.05) is 0 Å². The summed E-state index contributed by atoms with van der Waals surface area (Å²) in [4.78, 5) is 0. The zero-order valence-electron chi connectivity index (χ0n) is 9.55. The normalized spacial score (nSPS) is 9.27. The largest absolute Gasteiger partial charge is 0.276 e. The van der Waals surface area contributed by atoms with Crippen LogP contribution in [-0.2, 0) is 0 Å². The highest BCUT2D eigenvalue weighted by atomic mass is 15.1. The van der Waals surface area contributed by atoms with Crippen molar-refractivity contribution in [1.29, 1.82) is 5.26 Å². The average Bonchev–Trinajstić information content (AvgIpc) is 2.70. The zero-order chi connectivity index (χ0) is 11.4. The van der Waals surface area contributed by atoms with Crippen molar-refractivity contribution in [3.05, 3.63) is 29.0 Å². The van der Waals surface area contributed by atoms with E-state index in [9.17, 15) is 0 Å². The third-order valence-electron chi connectivity index (χ3n) is 2.37. The maximum atomic E-state index is 8.81. The highest BCUT2D eigenvalue weighted by Gasteiger charge is 2.08. The van der Waals surface area contributed by atoms with Gasteiger partial charge in [0.1, 0.15) is 6.07 Å². The lowest BCUT2D eigenvalue weighted by molar-refractivity contribution is 1.10. The molecule has 0 atom stereocenters. The van der Waals surface area contributed by atoms with Crippen LogP contribution in [0.25, 0.3) is 10.9 Å². The molecule has 0 aliphatic carbocycles. The van der Waals surface area contributed by atoms with E-state index in [0.29, 0.717) is 5.69 Å². The summed E-state index contributed by atoms with van der Waals surface area (Å²) in [5.74, 6) is 0. The van der Waals surface area contributed by atoms with E-state index < -0.39 is 0 Å². The maximum Gasteiger partial charge on any atom is 0.170 e. The van der Waals surface area contributed by atoms with Gasteiger partial charge in [-0.2, -0.15) is 10.4 Å². The number of benzene rings is 1. The smallest absolute Gasteiger partial charge is 0.170 e. The Balaban J connectivity index is 0.000000531. The molecule has 3 heteroatoms. The van der Waals surface area contributed by atoms with Gasteiger partial charge in [0.2, 0.25) is 0 Å². The summed E-state index contributed by atoms with van der Waals surface area (Å²) in [6.45, 7) is 8.04. The summed E-state index contributed by atoms with van der Waals surface area (Å²) in [7, 11) is 0. The maximum absolute atomic E-state index is 8.81. The lowest BCUT2D eigenvalue weighted by Gasteiger charge is -1.99. The van der Waals surface area contributed by atoms with Crippen molar-refractivity contribution in [3.63, 3.8) is 0 Å². The van der Waals surface area contributed by atoms with Crippen LogP contribution in [0.3, 0.4) is 0 Å². The van der Waals surface area contributed by atoms with Crippen LogP contribution in [-0.4, -0.2) is 10.2 Å². The number of hydrogen-bond donors (Lipinski definition) is 1. The number of aryl methyl sites for hydroxylation is 2. The van der Waals surface area contributed by atoms with E-state index in [1.54, 1.807) is 0 Å². The lowest BCUT2D eigenvalue weighted by atomic mass is 10.0. The Morgan fingerprint density at radius 3 is 2.53 bits per heavy atom. The second-order valence-corrected chi connectivity index (χ2v) is 3.11. The number of aromatic amines is 1. The van der Waals surface area contributed by atoms with E-state index in [1.807, 2.05) is 39.8 Å². The third kappa shape index (κ3) is 1.84. The molecule has 0 spiro atoms. The van der Waals surface area contributed by atoms with Crippen molar-refractivity contribution in [3.8, 4) is 6.07 Å². The van der Waals surface area contributed by atoms with E-state index in [0.717, 1.165) is 16.5 Å². The van der Waals surface area contributed by atoms with Crippen LogP contribution < -0.4 is 0 Å². The van der Waals surface area contributed by atoms with E-state index >= 15 is 0 Å². The van der Waals surface area contributed by atoms with E-state index in [4.69, 9.17) is 5.26 Å². The highest BCUT2D eigenvalue weighted by Crippen LogP contribution is 2.22. The van der Waals surface area contributed by atoms with Crippen molar-refractivity contribution in [2.45, 2.75) is 27.7 Å². The third-order valence-corrected chi connectivity index (χ3v) is 2.37. The van der Waals surface area contributed by atoms with Gasteiger partial charge in [0, 0.05) is 5.39 Å². The van der Waals surface area contributed by atoms with Crippen molar-refractivity contribution in [1.82, 2.24) is 10.2 Å². The molecular formula is C12H15N3. The Hall–Kier alpha value is -1.82. The Bertz CT molecular complexity index is 503. The summed E-state index contributed by atoms with van der Waals surface area (Å²) in [5.41, 5.74) is 3.73. The first-order chi connectivity index (χ1) is 7.24. The monoisotopic (exact) mass is 201 g/mol. The predicted octanol–water partition coefficient (Wildman–Crippen LogP) is 3.08. The first-order valence-corrected chi connectivity index (χ1v) is 5.08. The molecule has 1 aromatic heterocycles. The van der Waals surface area contributed by atoms with Gasteiger partial charge in [-0.1, -0.05) is 19.9 Å². The van der Waals surface area contributed by atoms with Crippen molar-refractivity contribution in [2.24, 2.45) is 0 Å². The number of nitriles is 1. The summed E-state index contributed by atoms with van der Waals surface area (Å²) in [6, 6.07) is 6.05. The minimum Gasteiger partial charge on any atom is -0.276 e. The molecule has 0 aliphatic heterocycles. The number of H-pyrrole nitrogens is 1. The first-order valence-electron chi connectivity index (χ1n) is 5.08. The quantitative estimate of drug-likeness (QED) is 0.712. The molecule has 0 amide bonds. The molecule has 3 nitrogen and oxygen atoms in total. The second-order valence-electron chi connectivity index (χ2n) is 3.11. The van der Waals surface area contributed by atoms with Gasteiger partial charge in [-0.25, -0.2) is 0 Å². The SMILES string of the molecule is CC.Cc1ccc2[nH]nc(C#N)c2c1C. The number of nitrogens with zero attached hydrogens (tertiary/aromatic N) is 2.